The SMILES string of the molecule is CC.CC(C)(C)c1ccc2c3ccccc3c3ccc(-c4ccccc4)cc3c2c1. The second-order valence-corrected chi connectivity index (χ2v) is 8.68. The summed E-state index contributed by atoms with van der Waals surface area (Å²) in [6.07, 6.45) is 0. The van der Waals surface area contributed by atoms with E-state index in [0.717, 1.165) is 0 Å². The molecule has 0 aliphatic carbocycles. The zero-order chi connectivity index (χ0) is 21.3. The van der Waals surface area contributed by atoms with Gasteiger partial charge in [-0.15, -0.1) is 0 Å². The Balaban J connectivity index is 0.00000106. The van der Waals surface area contributed by atoms with Gasteiger partial charge in [-0.1, -0.05) is 113 Å². The lowest BCUT2D eigenvalue weighted by molar-refractivity contribution is 0.591. The molecule has 0 fully saturated rings. The number of fused-ring (bicyclic) bond motifs is 6. The molecule has 0 radical (unpaired) electrons. The second kappa shape index (κ2) is 7.95. The van der Waals surface area contributed by atoms with E-state index in [1.54, 1.807) is 0 Å². The van der Waals surface area contributed by atoms with Crippen LogP contribution in [0.15, 0.2) is 91.0 Å². The van der Waals surface area contributed by atoms with Gasteiger partial charge in [0.25, 0.3) is 0 Å². The van der Waals surface area contributed by atoms with E-state index in [4.69, 9.17) is 0 Å². The van der Waals surface area contributed by atoms with Gasteiger partial charge in [-0.25, -0.2) is 0 Å². The van der Waals surface area contributed by atoms with Crippen LogP contribution in [0.1, 0.15) is 40.2 Å². The molecule has 0 bridgehead atoms. The highest BCUT2D eigenvalue weighted by Gasteiger charge is 2.16. The van der Waals surface area contributed by atoms with E-state index in [-0.39, 0.29) is 5.41 Å². The van der Waals surface area contributed by atoms with Crippen LogP contribution in [-0.2, 0) is 5.41 Å². The zero-order valence-electron chi connectivity index (χ0n) is 18.7. The maximum Gasteiger partial charge on any atom is -0.00927 e. The highest BCUT2D eigenvalue weighted by atomic mass is 14.2. The molecule has 5 aromatic carbocycles. The first-order valence-corrected chi connectivity index (χ1v) is 11.0. The van der Waals surface area contributed by atoms with Gasteiger partial charge in [0.2, 0.25) is 0 Å². The van der Waals surface area contributed by atoms with E-state index >= 15 is 0 Å². The average Bonchev–Trinajstić information content (AvgIpc) is 2.80. The summed E-state index contributed by atoms with van der Waals surface area (Å²) in [6, 6.07) is 33.4. The molecule has 150 valence electrons. The Labute approximate surface area is 180 Å². The lowest BCUT2D eigenvalue weighted by Gasteiger charge is -2.21. The molecule has 0 aliphatic heterocycles. The fraction of sp³-hybridized carbons (Fsp3) is 0.200. The van der Waals surface area contributed by atoms with Crippen LogP contribution >= 0.6 is 0 Å². The molecule has 0 atom stereocenters. The molecule has 30 heavy (non-hydrogen) atoms. The van der Waals surface area contributed by atoms with Crippen LogP contribution in [-0.4, -0.2) is 0 Å². The first-order valence-electron chi connectivity index (χ1n) is 11.0. The van der Waals surface area contributed by atoms with Crippen molar-refractivity contribution >= 4 is 32.3 Å². The van der Waals surface area contributed by atoms with Gasteiger partial charge in [0.15, 0.2) is 0 Å². The Hall–Kier alpha value is -3.12. The third kappa shape index (κ3) is 3.48. The van der Waals surface area contributed by atoms with E-state index < -0.39 is 0 Å². The molecule has 0 nitrogen and oxygen atoms in total. The summed E-state index contributed by atoms with van der Waals surface area (Å²) >= 11 is 0. The Morgan fingerprint density at radius 1 is 0.433 bits per heavy atom. The summed E-state index contributed by atoms with van der Waals surface area (Å²) in [4.78, 5) is 0. The standard InChI is InChI=1S/C28H24.C2H6/c1-28(2,3)21-14-16-25-23-12-8-7-11-22(23)24-15-13-20(17-26(24)27(25)18-21)19-9-5-4-6-10-19;1-2/h4-18H,1-3H3;1-2H3. The Morgan fingerprint density at radius 2 is 0.933 bits per heavy atom. The van der Waals surface area contributed by atoms with Crippen molar-refractivity contribution in [3.8, 4) is 11.1 Å². The maximum atomic E-state index is 2.40. The van der Waals surface area contributed by atoms with Crippen molar-refractivity contribution in [1.82, 2.24) is 0 Å². The Bertz CT molecular complexity index is 1320. The minimum absolute atomic E-state index is 0.128. The molecule has 0 aromatic heterocycles. The largest absolute Gasteiger partial charge is 0.0683 e. The normalized spacial score (nSPS) is 11.5. The predicted octanol–water partition coefficient (Wildman–Crippen LogP) is 9.14. The van der Waals surface area contributed by atoms with Crippen molar-refractivity contribution in [2.45, 2.75) is 40.0 Å². The van der Waals surface area contributed by atoms with E-state index in [9.17, 15) is 0 Å². The van der Waals surface area contributed by atoms with Gasteiger partial charge >= 0.3 is 0 Å². The van der Waals surface area contributed by atoms with Crippen LogP contribution in [0.25, 0.3) is 43.4 Å². The van der Waals surface area contributed by atoms with Gasteiger partial charge in [-0.3, -0.25) is 0 Å². The number of hydrogen-bond acceptors (Lipinski definition) is 0. The van der Waals surface area contributed by atoms with Gasteiger partial charge in [-0.05, 0) is 66.6 Å². The van der Waals surface area contributed by atoms with E-state index in [1.165, 1.54) is 49.0 Å². The molecule has 5 rings (SSSR count). The van der Waals surface area contributed by atoms with Gasteiger partial charge in [-0.2, -0.15) is 0 Å². The molecule has 0 saturated heterocycles. The number of hydrogen-bond donors (Lipinski definition) is 0. The van der Waals surface area contributed by atoms with Crippen LogP contribution in [0.2, 0.25) is 0 Å². The molecule has 0 saturated carbocycles. The Kier molecular flexibility index (Phi) is 5.35. The lowest BCUT2D eigenvalue weighted by atomic mass is 9.84. The first-order chi connectivity index (χ1) is 14.5. The van der Waals surface area contributed by atoms with Crippen molar-refractivity contribution in [2.24, 2.45) is 0 Å². The molecule has 0 heteroatoms. The van der Waals surface area contributed by atoms with Gasteiger partial charge in [0.05, 0.1) is 0 Å². The third-order valence-electron chi connectivity index (χ3n) is 5.81. The lowest BCUT2D eigenvalue weighted by Crippen LogP contribution is -2.10. The van der Waals surface area contributed by atoms with Crippen LogP contribution < -0.4 is 0 Å². The van der Waals surface area contributed by atoms with E-state index in [0.29, 0.717) is 0 Å². The summed E-state index contributed by atoms with van der Waals surface area (Å²) < 4.78 is 0. The molecule has 0 unspecified atom stereocenters. The second-order valence-electron chi connectivity index (χ2n) is 8.68. The molecule has 5 aromatic rings. The van der Waals surface area contributed by atoms with Crippen molar-refractivity contribution in [3.05, 3.63) is 96.6 Å². The van der Waals surface area contributed by atoms with Crippen LogP contribution in [0, 0.1) is 0 Å². The van der Waals surface area contributed by atoms with Crippen molar-refractivity contribution < 1.29 is 0 Å². The minimum Gasteiger partial charge on any atom is -0.0683 e. The summed E-state index contributed by atoms with van der Waals surface area (Å²) in [5, 5.41) is 8.00. The van der Waals surface area contributed by atoms with E-state index in [2.05, 4.69) is 112 Å². The fourth-order valence-electron chi connectivity index (χ4n) is 4.23. The molecule has 0 amide bonds. The topological polar surface area (TPSA) is 0 Å². The molecule has 0 N–H and O–H groups in total. The molecular weight excluding hydrogens is 360 g/mol. The summed E-state index contributed by atoms with van der Waals surface area (Å²) in [5.74, 6) is 0. The van der Waals surface area contributed by atoms with Gasteiger partial charge < -0.3 is 0 Å². The quantitative estimate of drug-likeness (QED) is 0.250. The minimum atomic E-state index is 0.128. The first kappa shape index (κ1) is 20.2. The monoisotopic (exact) mass is 390 g/mol. The van der Waals surface area contributed by atoms with Crippen LogP contribution in [0.4, 0.5) is 0 Å². The summed E-state index contributed by atoms with van der Waals surface area (Å²) in [5.41, 5.74) is 4.04. The fourth-order valence-corrected chi connectivity index (χ4v) is 4.23. The van der Waals surface area contributed by atoms with Crippen LogP contribution in [0.5, 0.6) is 0 Å². The summed E-state index contributed by atoms with van der Waals surface area (Å²) in [6.45, 7) is 10.9. The number of rotatable bonds is 1. The van der Waals surface area contributed by atoms with Crippen molar-refractivity contribution in [3.63, 3.8) is 0 Å². The third-order valence-corrected chi connectivity index (χ3v) is 5.81. The molecule has 0 spiro atoms. The van der Waals surface area contributed by atoms with Crippen molar-refractivity contribution in [1.29, 1.82) is 0 Å². The molecule has 0 aliphatic rings. The average molecular weight is 391 g/mol. The van der Waals surface area contributed by atoms with E-state index in [1.807, 2.05) is 13.8 Å². The highest BCUT2D eigenvalue weighted by Crippen LogP contribution is 2.38. The van der Waals surface area contributed by atoms with Crippen LogP contribution in [0.3, 0.4) is 0 Å². The maximum absolute atomic E-state index is 2.40. The van der Waals surface area contributed by atoms with Gasteiger partial charge in [0, 0.05) is 0 Å². The Morgan fingerprint density at radius 3 is 1.53 bits per heavy atom. The summed E-state index contributed by atoms with van der Waals surface area (Å²) in [7, 11) is 0. The highest BCUT2D eigenvalue weighted by molar-refractivity contribution is 6.25. The predicted molar refractivity (Wildman–Crippen MR) is 134 cm³/mol. The van der Waals surface area contributed by atoms with Gasteiger partial charge in [0.1, 0.15) is 0 Å². The smallest absolute Gasteiger partial charge is 0.00927 e. The number of benzene rings is 5. The van der Waals surface area contributed by atoms with Crippen molar-refractivity contribution in [2.75, 3.05) is 0 Å². The zero-order valence-corrected chi connectivity index (χ0v) is 18.7. The molecule has 0 heterocycles. The molecular formula is C30H30.